The molecule has 104 valence electrons. The van der Waals surface area contributed by atoms with Crippen LogP contribution >= 0.6 is 0 Å². The summed E-state index contributed by atoms with van der Waals surface area (Å²) in [5, 5.41) is 13.2. The van der Waals surface area contributed by atoms with Crippen LogP contribution in [-0.4, -0.2) is 40.4 Å². The Kier molecular flexibility index (Phi) is 2.03. The van der Waals surface area contributed by atoms with Gasteiger partial charge < -0.3 is 14.4 Å². The normalized spacial score (nSPS) is 37.8. The van der Waals surface area contributed by atoms with Crippen molar-refractivity contribution in [2.24, 2.45) is 11.8 Å². The highest BCUT2D eigenvalue weighted by Gasteiger charge is 2.67. The number of hydrogen-bond acceptors (Lipinski definition) is 5. The molecular weight excluding hydrogens is 264 g/mol. The van der Waals surface area contributed by atoms with Gasteiger partial charge in [0.15, 0.2) is 5.82 Å². The molecule has 1 amide bonds. The fraction of sp³-hybridized carbons (Fsp3) is 0.462. The summed E-state index contributed by atoms with van der Waals surface area (Å²) in [6.07, 6.45) is 3.04. The van der Waals surface area contributed by atoms with Crippen LogP contribution in [-0.2, 0) is 14.3 Å². The number of hydrogen-bond donors (Lipinski definition) is 1. The highest BCUT2D eigenvalue weighted by molar-refractivity contribution is 6.01. The Bertz CT molecular complexity index is 651. The van der Waals surface area contributed by atoms with Gasteiger partial charge in [0.25, 0.3) is 0 Å². The summed E-state index contributed by atoms with van der Waals surface area (Å²) in [7, 11) is 0. The molecule has 2 saturated heterocycles. The van der Waals surface area contributed by atoms with Gasteiger partial charge in [-0.25, -0.2) is 0 Å². The first kappa shape index (κ1) is 11.7. The second-order valence-electron chi connectivity index (χ2n) is 5.46. The Morgan fingerprint density at radius 2 is 2.40 bits per heavy atom. The van der Waals surface area contributed by atoms with Gasteiger partial charge in [-0.05, 0) is 6.92 Å². The van der Waals surface area contributed by atoms with Crippen LogP contribution in [0.2, 0.25) is 0 Å². The lowest BCUT2D eigenvalue weighted by Crippen LogP contribution is -2.39. The lowest BCUT2D eigenvalue weighted by atomic mass is 9.77. The highest BCUT2D eigenvalue weighted by Crippen LogP contribution is 2.52. The highest BCUT2D eigenvalue weighted by atomic mass is 16.5. The van der Waals surface area contributed by atoms with Crippen LogP contribution in [0, 0.1) is 18.8 Å². The molecule has 0 aliphatic carbocycles. The molecule has 3 aliphatic heterocycles. The standard InChI is InChI=1S/C13H12N2O5/c1-6-4-8(14-20-6)15-5-13-3-2-7(19-13)9(12(17)18)10(13)11(15)16/h2-4,7,9-10H,5H2,1H3,(H,17,18)/t7-,9+,10-,13-/m0/s1. The topological polar surface area (TPSA) is 92.9 Å². The van der Waals surface area contributed by atoms with E-state index in [4.69, 9.17) is 9.26 Å². The zero-order chi connectivity index (χ0) is 14.1. The predicted octanol–water partition coefficient (Wildman–Crippen LogP) is 0.354. The van der Waals surface area contributed by atoms with Crippen LogP contribution in [0.3, 0.4) is 0 Å². The van der Waals surface area contributed by atoms with Gasteiger partial charge in [0.05, 0.1) is 18.6 Å². The van der Waals surface area contributed by atoms with Crippen molar-refractivity contribution in [2.75, 3.05) is 11.4 Å². The predicted molar refractivity (Wildman–Crippen MR) is 65.0 cm³/mol. The molecule has 2 fully saturated rings. The third kappa shape index (κ3) is 1.25. The van der Waals surface area contributed by atoms with Gasteiger partial charge in [0.1, 0.15) is 17.3 Å². The van der Waals surface area contributed by atoms with E-state index in [-0.39, 0.29) is 12.5 Å². The van der Waals surface area contributed by atoms with Crippen molar-refractivity contribution in [2.45, 2.75) is 18.6 Å². The fourth-order valence-corrected chi connectivity index (χ4v) is 3.45. The molecule has 7 nitrogen and oxygen atoms in total. The molecule has 20 heavy (non-hydrogen) atoms. The Morgan fingerprint density at radius 3 is 3.05 bits per heavy atom. The van der Waals surface area contributed by atoms with E-state index in [9.17, 15) is 14.7 Å². The number of nitrogens with zero attached hydrogens (tertiary/aromatic N) is 2. The van der Waals surface area contributed by atoms with Gasteiger partial charge in [-0.3, -0.25) is 14.5 Å². The minimum absolute atomic E-state index is 0.266. The molecule has 0 saturated carbocycles. The van der Waals surface area contributed by atoms with Crippen molar-refractivity contribution in [3.05, 3.63) is 24.0 Å². The summed E-state index contributed by atoms with van der Waals surface area (Å²) in [5.74, 6) is -1.79. The van der Waals surface area contributed by atoms with E-state index < -0.39 is 29.5 Å². The molecule has 0 radical (unpaired) electrons. The van der Waals surface area contributed by atoms with Crippen LogP contribution in [0.4, 0.5) is 5.82 Å². The number of anilines is 1. The van der Waals surface area contributed by atoms with Crippen molar-refractivity contribution in [3.8, 4) is 0 Å². The molecule has 3 aliphatic rings. The fourth-order valence-electron chi connectivity index (χ4n) is 3.45. The number of carboxylic acids is 1. The van der Waals surface area contributed by atoms with Gasteiger partial charge in [0.2, 0.25) is 5.91 Å². The lowest BCUT2D eigenvalue weighted by Gasteiger charge is -2.21. The first-order chi connectivity index (χ1) is 9.52. The second kappa shape index (κ2) is 3.49. The van der Waals surface area contributed by atoms with Gasteiger partial charge in [-0.1, -0.05) is 17.3 Å². The molecule has 4 heterocycles. The number of ether oxygens (including phenoxy) is 1. The van der Waals surface area contributed by atoms with E-state index in [2.05, 4.69) is 5.16 Å². The number of amides is 1. The molecule has 4 rings (SSSR count). The molecular formula is C13H12N2O5. The molecule has 7 heteroatoms. The minimum Gasteiger partial charge on any atom is -0.481 e. The summed E-state index contributed by atoms with van der Waals surface area (Å²) in [5.41, 5.74) is -0.836. The molecule has 1 aromatic heterocycles. The largest absolute Gasteiger partial charge is 0.481 e. The number of carbonyl (C=O) groups excluding carboxylic acids is 1. The summed E-state index contributed by atoms with van der Waals surface area (Å²) < 4.78 is 10.8. The van der Waals surface area contributed by atoms with Crippen LogP contribution in [0.25, 0.3) is 0 Å². The van der Waals surface area contributed by atoms with E-state index in [0.717, 1.165) is 0 Å². The first-order valence-corrected chi connectivity index (χ1v) is 6.36. The van der Waals surface area contributed by atoms with Crippen LogP contribution < -0.4 is 4.90 Å². The van der Waals surface area contributed by atoms with Crippen LogP contribution in [0.5, 0.6) is 0 Å². The average molecular weight is 276 g/mol. The number of fused-ring (bicyclic) bond motifs is 1. The number of aliphatic carboxylic acids is 1. The Hall–Kier alpha value is -2.15. The third-order valence-electron chi connectivity index (χ3n) is 4.28. The van der Waals surface area contributed by atoms with Gasteiger partial charge in [-0.2, -0.15) is 0 Å². The van der Waals surface area contributed by atoms with E-state index >= 15 is 0 Å². The molecule has 0 aromatic carbocycles. The summed E-state index contributed by atoms with van der Waals surface area (Å²) >= 11 is 0. The molecule has 0 unspecified atom stereocenters. The average Bonchev–Trinajstić information content (AvgIpc) is 3.10. The lowest BCUT2D eigenvalue weighted by molar-refractivity contribution is -0.146. The minimum atomic E-state index is -1.00. The van der Waals surface area contributed by atoms with E-state index in [1.165, 1.54) is 4.90 Å². The molecule has 2 bridgehead atoms. The van der Waals surface area contributed by atoms with E-state index in [1.54, 1.807) is 19.1 Å². The quantitative estimate of drug-likeness (QED) is 0.784. The maximum Gasteiger partial charge on any atom is 0.310 e. The SMILES string of the molecule is Cc1cc(N2C[C@]34C=C[C@H](O3)[C@@H](C(=O)O)[C@H]4C2=O)no1. The molecule has 1 N–H and O–H groups in total. The maximum absolute atomic E-state index is 12.6. The molecule has 1 aromatic rings. The van der Waals surface area contributed by atoms with Crippen molar-refractivity contribution in [1.29, 1.82) is 0 Å². The molecule has 1 spiro atoms. The van der Waals surface area contributed by atoms with Crippen molar-refractivity contribution >= 4 is 17.7 Å². The van der Waals surface area contributed by atoms with Crippen molar-refractivity contribution in [3.63, 3.8) is 0 Å². The number of aromatic nitrogens is 1. The third-order valence-corrected chi connectivity index (χ3v) is 4.28. The first-order valence-electron chi connectivity index (χ1n) is 6.36. The monoisotopic (exact) mass is 276 g/mol. The molecule has 4 atom stereocenters. The van der Waals surface area contributed by atoms with Gasteiger partial charge in [0, 0.05) is 6.07 Å². The Labute approximate surface area is 113 Å². The van der Waals surface area contributed by atoms with E-state index in [0.29, 0.717) is 11.6 Å². The zero-order valence-corrected chi connectivity index (χ0v) is 10.6. The summed E-state index contributed by atoms with van der Waals surface area (Å²) in [4.78, 5) is 25.4. The van der Waals surface area contributed by atoms with Gasteiger partial charge >= 0.3 is 5.97 Å². The number of rotatable bonds is 2. The summed E-state index contributed by atoms with van der Waals surface area (Å²) in [6.45, 7) is 2.01. The van der Waals surface area contributed by atoms with Crippen molar-refractivity contribution < 1.29 is 24.0 Å². The maximum atomic E-state index is 12.6. The Morgan fingerprint density at radius 1 is 1.60 bits per heavy atom. The van der Waals surface area contributed by atoms with Crippen molar-refractivity contribution in [1.82, 2.24) is 5.16 Å². The number of carbonyl (C=O) groups is 2. The van der Waals surface area contributed by atoms with Crippen LogP contribution in [0.1, 0.15) is 5.76 Å². The van der Waals surface area contributed by atoms with Crippen LogP contribution in [0.15, 0.2) is 22.7 Å². The van der Waals surface area contributed by atoms with Gasteiger partial charge in [-0.15, -0.1) is 0 Å². The zero-order valence-electron chi connectivity index (χ0n) is 10.6. The summed E-state index contributed by atoms with van der Waals surface area (Å²) in [6, 6.07) is 1.65. The Balaban J connectivity index is 1.75. The second-order valence-corrected chi connectivity index (χ2v) is 5.46. The smallest absolute Gasteiger partial charge is 0.310 e. The van der Waals surface area contributed by atoms with E-state index in [1.807, 2.05) is 6.08 Å². The number of carboxylic acid groups (broad SMARTS) is 1. The number of aryl methyl sites for hydroxylation is 1.